The Morgan fingerprint density at radius 1 is 1.21 bits per heavy atom. The van der Waals surface area contributed by atoms with E-state index < -0.39 is 22.5 Å². The maximum Gasteiger partial charge on any atom is 0.271 e. The SMILES string of the molecule is O=C(Nc1cc([N+](=O)[O-])ccc1F)c1sc2cc(F)ccc2c1Cl. The molecule has 2 aromatic carbocycles. The Bertz CT molecular complexity index is 990. The lowest BCUT2D eigenvalue weighted by atomic mass is 10.2. The van der Waals surface area contributed by atoms with E-state index in [2.05, 4.69) is 5.32 Å². The van der Waals surface area contributed by atoms with E-state index in [0.717, 1.165) is 29.5 Å². The topological polar surface area (TPSA) is 72.2 Å². The summed E-state index contributed by atoms with van der Waals surface area (Å²) in [6, 6.07) is 6.66. The Morgan fingerprint density at radius 3 is 2.67 bits per heavy atom. The van der Waals surface area contributed by atoms with Crippen LogP contribution in [-0.2, 0) is 0 Å². The Kier molecular flexibility index (Phi) is 4.16. The molecule has 9 heteroatoms. The van der Waals surface area contributed by atoms with Gasteiger partial charge in [0.15, 0.2) is 0 Å². The molecule has 0 aliphatic carbocycles. The van der Waals surface area contributed by atoms with Gasteiger partial charge in [-0.05, 0) is 24.3 Å². The summed E-state index contributed by atoms with van der Waals surface area (Å²) in [6.07, 6.45) is 0. The predicted molar refractivity (Wildman–Crippen MR) is 87.8 cm³/mol. The molecule has 3 rings (SSSR count). The Balaban J connectivity index is 1.97. The molecule has 122 valence electrons. The molecule has 0 aliphatic rings. The standard InChI is InChI=1S/C15H7ClF2N2O3S/c16-13-9-3-1-7(17)5-12(9)24-14(13)15(21)19-11-6-8(20(22)23)2-4-10(11)18/h1-6H,(H,19,21). The zero-order chi connectivity index (χ0) is 17.4. The Hall–Kier alpha value is -2.58. The first-order valence-corrected chi connectivity index (χ1v) is 7.69. The number of non-ortho nitro benzene ring substituents is 1. The third kappa shape index (κ3) is 2.93. The van der Waals surface area contributed by atoms with Gasteiger partial charge in [-0.2, -0.15) is 0 Å². The highest BCUT2D eigenvalue weighted by molar-refractivity contribution is 7.21. The summed E-state index contributed by atoms with van der Waals surface area (Å²) in [5, 5.41) is 13.6. The van der Waals surface area contributed by atoms with E-state index in [1.54, 1.807) is 0 Å². The highest BCUT2D eigenvalue weighted by atomic mass is 35.5. The van der Waals surface area contributed by atoms with E-state index in [-0.39, 0.29) is 21.3 Å². The number of benzene rings is 2. The van der Waals surface area contributed by atoms with Crippen molar-refractivity contribution in [3.05, 3.63) is 68.0 Å². The molecule has 0 fully saturated rings. The van der Waals surface area contributed by atoms with Crippen LogP contribution in [0.1, 0.15) is 9.67 Å². The fourth-order valence-electron chi connectivity index (χ4n) is 2.09. The number of hydrogen-bond acceptors (Lipinski definition) is 4. The highest BCUT2D eigenvalue weighted by Gasteiger charge is 2.20. The first kappa shape index (κ1) is 16.3. The Morgan fingerprint density at radius 2 is 1.96 bits per heavy atom. The Labute approximate surface area is 142 Å². The van der Waals surface area contributed by atoms with Crippen molar-refractivity contribution in [2.75, 3.05) is 5.32 Å². The second-order valence-corrected chi connectivity index (χ2v) is 6.19. The molecule has 0 radical (unpaired) electrons. The molecule has 0 atom stereocenters. The average Bonchev–Trinajstić information content (AvgIpc) is 2.85. The highest BCUT2D eigenvalue weighted by Crippen LogP contribution is 2.36. The van der Waals surface area contributed by atoms with Gasteiger partial charge >= 0.3 is 0 Å². The summed E-state index contributed by atoms with van der Waals surface area (Å²) in [6.45, 7) is 0. The zero-order valence-corrected chi connectivity index (χ0v) is 13.3. The summed E-state index contributed by atoms with van der Waals surface area (Å²) in [7, 11) is 0. The molecule has 24 heavy (non-hydrogen) atoms. The average molecular weight is 369 g/mol. The van der Waals surface area contributed by atoms with Crippen molar-refractivity contribution in [1.82, 2.24) is 0 Å². The first-order valence-electron chi connectivity index (χ1n) is 6.49. The van der Waals surface area contributed by atoms with Crippen molar-refractivity contribution in [3.8, 4) is 0 Å². The van der Waals surface area contributed by atoms with Crippen molar-refractivity contribution in [2.45, 2.75) is 0 Å². The van der Waals surface area contributed by atoms with Crippen LogP contribution in [0.25, 0.3) is 10.1 Å². The lowest BCUT2D eigenvalue weighted by Crippen LogP contribution is -2.12. The van der Waals surface area contributed by atoms with Gasteiger partial charge in [-0.1, -0.05) is 11.6 Å². The lowest BCUT2D eigenvalue weighted by Gasteiger charge is -2.05. The summed E-state index contributed by atoms with van der Waals surface area (Å²) in [4.78, 5) is 22.4. The molecule has 5 nitrogen and oxygen atoms in total. The molecule has 0 saturated heterocycles. The molecule has 0 bridgehead atoms. The van der Waals surface area contributed by atoms with Gasteiger partial charge < -0.3 is 5.32 Å². The number of rotatable bonds is 3. The minimum absolute atomic E-state index is 0.0585. The van der Waals surface area contributed by atoms with Crippen LogP contribution < -0.4 is 5.32 Å². The third-order valence-electron chi connectivity index (χ3n) is 3.21. The summed E-state index contributed by atoms with van der Waals surface area (Å²) >= 11 is 7.06. The fourth-order valence-corrected chi connectivity index (χ4v) is 3.52. The monoisotopic (exact) mass is 368 g/mol. The fraction of sp³-hybridized carbons (Fsp3) is 0. The number of amides is 1. The van der Waals surface area contributed by atoms with Crippen LogP contribution in [0.3, 0.4) is 0 Å². The van der Waals surface area contributed by atoms with Crippen molar-refractivity contribution in [2.24, 2.45) is 0 Å². The van der Waals surface area contributed by atoms with Crippen LogP contribution in [0, 0.1) is 21.7 Å². The number of nitro groups is 1. The molecule has 0 unspecified atom stereocenters. The zero-order valence-electron chi connectivity index (χ0n) is 11.7. The van der Waals surface area contributed by atoms with Crippen molar-refractivity contribution in [1.29, 1.82) is 0 Å². The van der Waals surface area contributed by atoms with Crippen LogP contribution in [-0.4, -0.2) is 10.8 Å². The van der Waals surface area contributed by atoms with E-state index in [4.69, 9.17) is 11.6 Å². The number of nitrogens with one attached hydrogen (secondary N) is 1. The van der Waals surface area contributed by atoms with E-state index in [1.807, 2.05) is 0 Å². The van der Waals surface area contributed by atoms with E-state index in [1.165, 1.54) is 18.2 Å². The molecular weight excluding hydrogens is 362 g/mol. The number of nitrogens with zero attached hydrogens (tertiary/aromatic N) is 1. The number of hydrogen-bond donors (Lipinski definition) is 1. The number of thiophene rings is 1. The second-order valence-electron chi connectivity index (χ2n) is 4.76. The molecule has 0 spiro atoms. The van der Waals surface area contributed by atoms with Gasteiger partial charge in [0.2, 0.25) is 0 Å². The minimum atomic E-state index is -0.822. The first-order chi connectivity index (χ1) is 11.4. The largest absolute Gasteiger partial charge is 0.318 e. The molecular formula is C15H7ClF2N2O3S. The summed E-state index contributed by atoms with van der Waals surface area (Å²) < 4.78 is 27.5. The molecule has 0 saturated carbocycles. The van der Waals surface area contributed by atoms with Gasteiger partial charge in [-0.15, -0.1) is 11.3 Å². The van der Waals surface area contributed by atoms with Crippen LogP contribution in [0.5, 0.6) is 0 Å². The van der Waals surface area contributed by atoms with Gasteiger partial charge in [-0.3, -0.25) is 14.9 Å². The normalized spacial score (nSPS) is 10.8. The molecule has 0 aliphatic heterocycles. The van der Waals surface area contributed by atoms with Crippen LogP contribution in [0.4, 0.5) is 20.2 Å². The third-order valence-corrected chi connectivity index (χ3v) is 4.86. The smallest absolute Gasteiger partial charge is 0.271 e. The van der Waals surface area contributed by atoms with Gasteiger partial charge in [0, 0.05) is 22.2 Å². The van der Waals surface area contributed by atoms with Crippen molar-refractivity contribution in [3.63, 3.8) is 0 Å². The van der Waals surface area contributed by atoms with Crippen molar-refractivity contribution < 1.29 is 18.5 Å². The number of halogens is 3. The number of carbonyl (C=O) groups is 1. The molecule has 1 aromatic heterocycles. The van der Waals surface area contributed by atoms with E-state index in [0.29, 0.717) is 10.1 Å². The van der Waals surface area contributed by atoms with Crippen molar-refractivity contribution >= 4 is 50.3 Å². The van der Waals surface area contributed by atoms with Gasteiger partial charge in [-0.25, -0.2) is 8.78 Å². The quantitative estimate of drug-likeness (QED) is 0.522. The van der Waals surface area contributed by atoms with Gasteiger partial charge in [0.25, 0.3) is 11.6 Å². The van der Waals surface area contributed by atoms with Crippen LogP contribution in [0.2, 0.25) is 5.02 Å². The number of fused-ring (bicyclic) bond motifs is 1. The lowest BCUT2D eigenvalue weighted by molar-refractivity contribution is -0.384. The van der Waals surface area contributed by atoms with Gasteiger partial charge in [0.1, 0.15) is 16.5 Å². The second kappa shape index (κ2) is 6.14. The molecule has 1 heterocycles. The van der Waals surface area contributed by atoms with E-state index >= 15 is 0 Å². The molecule has 3 aromatic rings. The van der Waals surface area contributed by atoms with E-state index in [9.17, 15) is 23.7 Å². The predicted octanol–water partition coefficient (Wildman–Crippen LogP) is 4.99. The minimum Gasteiger partial charge on any atom is -0.318 e. The maximum atomic E-state index is 13.8. The summed E-state index contributed by atoms with van der Waals surface area (Å²) in [5.74, 6) is -2.03. The summed E-state index contributed by atoms with van der Waals surface area (Å²) in [5.41, 5.74) is -0.704. The molecule has 1 N–H and O–H groups in total. The number of anilines is 1. The maximum absolute atomic E-state index is 13.8. The molecule has 1 amide bonds. The van der Waals surface area contributed by atoms with Crippen LogP contribution in [0.15, 0.2) is 36.4 Å². The number of nitro benzene ring substituents is 1. The van der Waals surface area contributed by atoms with Crippen LogP contribution >= 0.6 is 22.9 Å². The van der Waals surface area contributed by atoms with Gasteiger partial charge in [0.05, 0.1) is 15.6 Å². The number of carbonyl (C=O) groups excluding carboxylic acids is 1.